The Bertz CT molecular complexity index is 336. The molecule has 0 saturated carbocycles. The standard InChI is InChI=1S/C6H8B2N4O2/c1-8(14)11-6(10-5(7)13)12-4-2-3-9-12/h2-4,14H,1H3,(H,10,11,13). The van der Waals surface area contributed by atoms with E-state index in [9.17, 15) is 4.79 Å². The zero-order chi connectivity index (χ0) is 10.6. The fraction of sp³-hybridized carbons (Fsp3) is 0.167. The third-order valence-electron chi connectivity index (χ3n) is 1.27. The van der Waals surface area contributed by atoms with Crippen LogP contribution in [0.25, 0.3) is 0 Å². The number of hydrogen-bond donors (Lipinski definition) is 2. The van der Waals surface area contributed by atoms with Crippen molar-refractivity contribution < 1.29 is 9.82 Å². The number of aromatic nitrogens is 2. The van der Waals surface area contributed by atoms with Crippen LogP contribution >= 0.6 is 0 Å². The van der Waals surface area contributed by atoms with Crippen molar-refractivity contribution in [1.29, 1.82) is 0 Å². The van der Waals surface area contributed by atoms with Crippen LogP contribution in [-0.2, 0) is 0 Å². The van der Waals surface area contributed by atoms with E-state index in [4.69, 9.17) is 12.9 Å². The molecule has 1 aromatic heterocycles. The lowest BCUT2D eigenvalue weighted by atomic mass is 9.91. The van der Waals surface area contributed by atoms with Gasteiger partial charge in [-0.1, -0.05) is 0 Å². The molecule has 0 unspecified atom stereocenters. The molecule has 1 rings (SSSR count). The van der Waals surface area contributed by atoms with E-state index in [1.165, 1.54) is 17.7 Å². The maximum atomic E-state index is 10.6. The normalized spacial score (nSPS) is 11.1. The number of carbonyl (C=O) groups is 1. The van der Waals surface area contributed by atoms with Gasteiger partial charge in [0.1, 0.15) is 0 Å². The second kappa shape index (κ2) is 4.61. The van der Waals surface area contributed by atoms with Crippen LogP contribution in [0.3, 0.4) is 0 Å². The lowest BCUT2D eigenvalue weighted by Gasteiger charge is -2.07. The van der Waals surface area contributed by atoms with Crippen molar-refractivity contribution in [1.82, 2.24) is 15.1 Å². The number of rotatable bonds is 1. The first-order valence-electron chi connectivity index (χ1n) is 3.92. The van der Waals surface area contributed by atoms with E-state index in [-0.39, 0.29) is 5.96 Å². The van der Waals surface area contributed by atoms with Gasteiger partial charge in [0.2, 0.25) is 13.8 Å². The number of nitrogens with zero attached hydrogens (tertiary/aromatic N) is 3. The highest BCUT2D eigenvalue weighted by molar-refractivity contribution is 6.59. The fourth-order valence-corrected chi connectivity index (χ4v) is 0.830. The Morgan fingerprint density at radius 1 is 1.79 bits per heavy atom. The van der Waals surface area contributed by atoms with Crippen molar-refractivity contribution in [2.24, 2.45) is 4.90 Å². The van der Waals surface area contributed by atoms with Crippen LogP contribution in [0.15, 0.2) is 23.4 Å². The molecule has 14 heavy (non-hydrogen) atoms. The molecule has 70 valence electrons. The van der Waals surface area contributed by atoms with Crippen molar-refractivity contribution in [3.8, 4) is 0 Å². The maximum absolute atomic E-state index is 10.6. The van der Waals surface area contributed by atoms with Gasteiger partial charge in [-0.05, 0) is 12.9 Å². The first kappa shape index (κ1) is 10.5. The molecular formula is C6H8B2N4O2. The Labute approximate surface area is 82.6 Å². The molecule has 0 saturated heterocycles. The number of amides is 1. The summed E-state index contributed by atoms with van der Waals surface area (Å²) in [7, 11) is 3.98. The van der Waals surface area contributed by atoms with E-state index in [0.29, 0.717) is 0 Å². The fourth-order valence-electron chi connectivity index (χ4n) is 0.830. The molecule has 0 aliphatic rings. The molecule has 0 aromatic carbocycles. The molecule has 2 N–H and O–H groups in total. The molecule has 0 spiro atoms. The molecule has 2 radical (unpaired) electrons. The Kier molecular flexibility index (Phi) is 3.47. The van der Waals surface area contributed by atoms with Crippen molar-refractivity contribution in [2.75, 3.05) is 0 Å². The highest BCUT2D eigenvalue weighted by Crippen LogP contribution is 1.87. The van der Waals surface area contributed by atoms with Crippen molar-refractivity contribution in [2.45, 2.75) is 6.82 Å². The minimum atomic E-state index is -0.943. The topological polar surface area (TPSA) is 79.5 Å². The van der Waals surface area contributed by atoms with Gasteiger partial charge in [0.05, 0.1) is 0 Å². The Morgan fingerprint density at radius 2 is 2.50 bits per heavy atom. The minimum Gasteiger partial charge on any atom is -0.431 e. The van der Waals surface area contributed by atoms with Crippen LogP contribution in [0.4, 0.5) is 4.79 Å². The van der Waals surface area contributed by atoms with Gasteiger partial charge in [-0.3, -0.25) is 9.70 Å². The van der Waals surface area contributed by atoms with E-state index in [0.717, 1.165) is 0 Å². The van der Waals surface area contributed by atoms with Crippen LogP contribution in [0, 0.1) is 0 Å². The Balaban J connectivity index is 2.88. The third-order valence-corrected chi connectivity index (χ3v) is 1.27. The summed E-state index contributed by atoms with van der Waals surface area (Å²) in [6, 6.07) is 1.65. The zero-order valence-corrected chi connectivity index (χ0v) is 7.58. The molecule has 1 amide bonds. The lowest BCUT2D eigenvalue weighted by molar-refractivity contribution is 0.263. The SMILES string of the molecule is [B]C(=O)N/C(=N/B(C)O)n1cccn1. The molecule has 1 aromatic rings. The molecule has 0 fully saturated rings. The molecule has 6 nitrogen and oxygen atoms in total. The van der Waals surface area contributed by atoms with Crippen LogP contribution in [0.2, 0.25) is 6.82 Å². The predicted octanol–water partition coefficient (Wildman–Crippen LogP) is -0.924. The van der Waals surface area contributed by atoms with Gasteiger partial charge in [0.25, 0.3) is 0 Å². The smallest absolute Gasteiger partial charge is 0.431 e. The van der Waals surface area contributed by atoms with Crippen molar-refractivity contribution >= 4 is 26.7 Å². The average molecular weight is 190 g/mol. The summed E-state index contributed by atoms with van der Waals surface area (Å²) in [4.78, 5) is 14.3. The maximum Gasteiger partial charge on any atom is 0.431 e. The highest BCUT2D eigenvalue weighted by Gasteiger charge is 2.07. The van der Waals surface area contributed by atoms with Crippen molar-refractivity contribution in [3.63, 3.8) is 0 Å². The molecule has 0 aliphatic heterocycles. The van der Waals surface area contributed by atoms with Crippen LogP contribution in [0.1, 0.15) is 0 Å². The van der Waals surface area contributed by atoms with Crippen LogP contribution < -0.4 is 5.32 Å². The third kappa shape index (κ3) is 3.06. The Hall–Kier alpha value is -1.56. The van der Waals surface area contributed by atoms with Crippen molar-refractivity contribution in [3.05, 3.63) is 18.5 Å². The van der Waals surface area contributed by atoms with Gasteiger partial charge < -0.3 is 10.3 Å². The quantitative estimate of drug-likeness (QED) is 0.341. The summed E-state index contributed by atoms with van der Waals surface area (Å²) >= 11 is 0. The summed E-state index contributed by atoms with van der Waals surface area (Å²) in [5, 5.41) is 15.1. The first-order valence-corrected chi connectivity index (χ1v) is 3.92. The molecule has 8 heteroatoms. The molecule has 0 atom stereocenters. The van der Waals surface area contributed by atoms with E-state index in [1.54, 1.807) is 12.3 Å². The van der Waals surface area contributed by atoms with Gasteiger partial charge in [0, 0.05) is 12.4 Å². The summed E-state index contributed by atoms with van der Waals surface area (Å²) in [5.74, 6) is -0.683. The lowest BCUT2D eigenvalue weighted by Crippen LogP contribution is -2.36. The molecule has 0 bridgehead atoms. The van der Waals surface area contributed by atoms with Crippen LogP contribution in [0.5, 0.6) is 0 Å². The van der Waals surface area contributed by atoms with Gasteiger partial charge in [-0.2, -0.15) is 5.10 Å². The van der Waals surface area contributed by atoms with Gasteiger partial charge in [-0.15, -0.1) is 0 Å². The molecular weight excluding hydrogens is 182 g/mol. The minimum absolute atomic E-state index is 0.0810. The van der Waals surface area contributed by atoms with Gasteiger partial charge >= 0.3 is 7.05 Å². The predicted molar refractivity (Wildman–Crippen MR) is 53.2 cm³/mol. The summed E-state index contributed by atoms with van der Waals surface area (Å²) in [5.41, 5.74) is 0. The Morgan fingerprint density at radius 3 is 2.93 bits per heavy atom. The number of hydrogen-bond acceptors (Lipinski definition) is 4. The zero-order valence-electron chi connectivity index (χ0n) is 7.58. The molecule has 1 heterocycles. The van der Waals surface area contributed by atoms with Gasteiger partial charge in [-0.25, -0.2) is 4.68 Å². The van der Waals surface area contributed by atoms with E-state index < -0.39 is 12.9 Å². The van der Waals surface area contributed by atoms with E-state index >= 15 is 0 Å². The van der Waals surface area contributed by atoms with E-state index in [2.05, 4.69) is 15.3 Å². The average Bonchev–Trinajstić information content (AvgIpc) is 2.52. The van der Waals surface area contributed by atoms with Gasteiger partial charge in [0.15, 0.2) is 5.81 Å². The first-order chi connectivity index (χ1) is 6.59. The second-order valence-electron chi connectivity index (χ2n) is 2.52. The summed E-state index contributed by atoms with van der Waals surface area (Å²) < 4.78 is 1.29. The largest absolute Gasteiger partial charge is 0.431 e. The highest BCUT2D eigenvalue weighted by atomic mass is 16.2. The molecule has 0 aliphatic carbocycles. The summed E-state index contributed by atoms with van der Waals surface area (Å²) in [6.45, 7) is 1.45. The monoisotopic (exact) mass is 190 g/mol. The van der Waals surface area contributed by atoms with Crippen LogP contribution in [-0.4, -0.2) is 41.5 Å². The number of carbonyl (C=O) groups excluding carboxylic acids is 1. The summed E-state index contributed by atoms with van der Waals surface area (Å²) in [6.07, 6.45) is 3.08. The van der Waals surface area contributed by atoms with E-state index in [1.807, 2.05) is 0 Å². The second-order valence-corrected chi connectivity index (χ2v) is 2.52. The number of nitrogens with one attached hydrogen (secondary N) is 1.